The smallest absolute Gasteiger partial charge is 0.303 e. The van der Waals surface area contributed by atoms with Gasteiger partial charge in [0.1, 0.15) is 5.75 Å². The van der Waals surface area contributed by atoms with E-state index >= 15 is 0 Å². The molecule has 0 spiro atoms. The zero-order valence-electron chi connectivity index (χ0n) is 8.67. The molecule has 0 saturated heterocycles. The molecule has 0 aromatic heterocycles. The van der Waals surface area contributed by atoms with Crippen LogP contribution in [0.4, 0.5) is 5.69 Å². The molecule has 5 heteroatoms. The molecule has 1 rings (SSSR count). The van der Waals surface area contributed by atoms with Gasteiger partial charge in [0.15, 0.2) is 0 Å². The predicted molar refractivity (Wildman–Crippen MR) is 58.4 cm³/mol. The second-order valence-electron chi connectivity index (χ2n) is 3.31. The first kappa shape index (κ1) is 12.0. The molecular formula is C11H13NO4. The first-order valence-corrected chi connectivity index (χ1v) is 4.86. The van der Waals surface area contributed by atoms with Crippen LogP contribution < -0.4 is 4.90 Å². The lowest BCUT2D eigenvalue weighted by molar-refractivity contribution is -0.137. The summed E-state index contributed by atoms with van der Waals surface area (Å²) in [6.45, 7) is 0.348. The van der Waals surface area contributed by atoms with Gasteiger partial charge in [0.05, 0.1) is 0 Å². The number of aliphatic carboxylic acids is 1. The Morgan fingerprint density at radius 3 is 2.44 bits per heavy atom. The fourth-order valence-electron chi connectivity index (χ4n) is 1.29. The number of nitrogens with zero attached hydrogens (tertiary/aromatic N) is 1. The van der Waals surface area contributed by atoms with Gasteiger partial charge in [-0.05, 0) is 30.7 Å². The lowest BCUT2D eigenvalue weighted by Crippen LogP contribution is -2.22. The van der Waals surface area contributed by atoms with Crippen LogP contribution in [0.1, 0.15) is 12.8 Å². The number of phenolic OH excluding ortho intramolecular Hbond substituents is 1. The Morgan fingerprint density at radius 2 is 1.94 bits per heavy atom. The fourth-order valence-corrected chi connectivity index (χ4v) is 1.29. The topological polar surface area (TPSA) is 77.8 Å². The third kappa shape index (κ3) is 3.61. The van der Waals surface area contributed by atoms with Crippen molar-refractivity contribution in [2.24, 2.45) is 0 Å². The van der Waals surface area contributed by atoms with Gasteiger partial charge in [-0.2, -0.15) is 0 Å². The Labute approximate surface area is 92.9 Å². The predicted octanol–water partition coefficient (Wildman–Crippen LogP) is 1.22. The van der Waals surface area contributed by atoms with Gasteiger partial charge in [-0.25, -0.2) is 0 Å². The molecule has 0 aliphatic heterocycles. The molecule has 1 aromatic carbocycles. The highest BCUT2D eigenvalue weighted by Gasteiger charge is 2.06. The first-order chi connectivity index (χ1) is 7.63. The van der Waals surface area contributed by atoms with E-state index in [-0.39, 0.29) is 12.2 Å². The van der Waals surface area contributed by atoms with Gasteiger partial charge in [-0.3, -0.25) is 9.59 Å². The van der Waals surface area contributed by atoms with Gasteiger partial charge < -0.3 is 15.1 Å². The van der Waals surface area contributed by atoms with Crippen LogP contribution in [0, 0.1) is 0 Å². The molecule has 86 valence electrons. The van der Waals surface area contributed by atoms with Crippen molar-refractivity contribution in [3.63, 3.8) is 0 Å². The van der Waals surface area contributed by atoms with E-state index in [4.69, 9.17) is 10.2 Å². The zero-order valence-corrected chi connectivity index (χ0v) is 8.67. The maximum atomic E-state index is 10.8. The average Bonchev–Trinajstić information content (AvgIpc) is 2.26. The molecule has 0 saturated carbocycles. The number of benzene rings is 1. The highest BCUT2D eigenvalue weighted by atomic mass is 16.4. The number of hydrogen-bond acceptors (Lipinski definition) is 3. The number of amides is 1. The molecule has 5 nitrogen and oxygen atoms in total. The lowest BCUT2D eigenvalue weighted by atomic mass is 10.2. The van der Waals surface area contributed by atoms with Crippen molar-refractivity contribution in [3.8, 4) is 5.75 Å². The van der Waals surface area contributed by atoms with E-state index < -0.39 is 5.97 Å². The van der Waals surface area contributed by atoms with Gasteiger partial charge in [0.2, 0.25) is 6.41 Å². The summed E-state index contributed by atoms with van der Waals surface area (Å²) in [5.74, 6) is -0.753. The van der Waals surface area contributed by atoms with Crippen molar-refractivity contribution < 1.29 is 19.8 Å². The second kappa shape index (κ2) is 5.75. The zero-order chi connectivity index (χ0) is 12.0. The van der Waals surface area contributed by atoms with Crippen molar-refractivity contribution in [2.75, 3.05) is 11.4 Å². The molecule has 0 radical (unpaired) electrons. The van der Waals surface area contributed by atoms with E-state index in [0.29, 0.717) is 25.1 Å². The van der Waals surface area contributed by atoms with Crippen LogP contribution in [0.5, 0.6) is 5.75 Å². The summed E-state index contributed by atoms with van der Waals surface area (Å²) in [5.41, 5.74) is 0.637. The number of anilines is 1. The fraction of sp³-hybridized carbons (Fsp3) is 0.273. The number of carbonyl (C=O) groups excluding carboxylic acids is 1. The normalized spacial score (nSPS) is 9.75. The standard InChI is InChI=1S/C11H13NO4/c13-8-12(7-1-2-11(15)16)9-3-5-10(14)6-4-9/h3-6,8,14H,1-2,7H2,(H,15,16). The second-order valence-corrected chi connectivity index (χ2v) is 3.31. The van der Waals surface area contributed by atoms with E-state index in [2.05, 4.69) is 0 Å². The van der Waals surface area contributed by atoms with Crippen LogP contribution in [0.15, 0.2) is 24.3 Å². The van der Waals surface area contributed by atoms with Crippen LogP contribution in [0.25, 0.3) is 0 Å². The van der Waals surface area contributed by atoms with E-state index in [0.717, 1.165) is 0 Å². The number of rotatable bonds is 6. The number of carboxylic acid groups (broad SMARTS) is 1. The van der Waals surface area contributed by atoms with E-state index in [1.807, 2.05) is 0 Å². The van der Waals surface area contributed by atoms with E-state index in [9.17, 15) is 9.59 Å². The van der Waals surface area contributed by atoms with Crippen LogP contribution in [0.2, 0.25) is 0 Å². The van der Waals surface area contributed by atoms with Crippen molar-refractivity contribution in [3.05, 3.63) is 24.3 Å². The minimum Gasteiger partial charge on any atom is -0.508 e. The van der Waals surface area contributed by atoms with Crippen LogP contribution in [-0.2, 0) is 9.59 Å². The van der Waals surface area contributed by atoms with Crippen LogP contribution in [-0.4, -0.2) is 29.1 Å². The van der Waals surface area contributed by atoms with Gasteiger partial charge in [-0.15, -0.1) is 0 Å². The minimum absolute atomic E-state index is 0.0302. The summed E-state index contributed by atoms with van der Waals surface area (Å²) in [6, 6.07) is 6.15. The maximum Gasteiger partial charge on any atom is 0.303 e. The molecule has 0 unspecified atom stereocenters. The highest BCUT2D eigenvalue weighted by molar-refractivity contribution is 5.75. The summed E-state index contributed by atoms with van der Waals surface area (Å²) < 4.78 is 0. The summed E-state index contributed by atoms with van der Waals surface area (Å²) in [4.78, 5) is 22.5. The minimum atomic E-state index is -0.878. The van der Waals surface area contributed by atoms with Crippen molar-refractivity contribution in [1.82, 2.24) is 0 Å². The van der Waals surface area contributed by atoms with Crippen LogP contribution >= 0.6 is 0 Å². The van der Waals surface area contributed by atoms with Gasteiger partial charge >= 0.3 is 5.97 Å². The number of aromatic hydroxyl groups is 1. The molecule has 2 N–H and O–H groups in total. The molecule has 16 heavy (non-hydrogen) atoms. The largest absolute Gasteiger partial charge is 0.508 e. The maximum absolute atomic E-state index is 10.8. The third-order valence-corrected chi connectivity index (χ3v) is 2.10. The number of carbonyl (C=O) groups is 2. The Hall–Kier alpha value is -2.04. The number of hydrogen-bond donors (Lipinski definition) is 2. The summed E-state index contributed by atoms with van der Waals surface area (Å²) >= 11 is 0. The molecule has 0 aliphatic rings. The Kier molecular flexibility index (Phi) is 4.32. The number of phenols is 1. The third-order valence-electron chi connectivity index (χ3n) is 2.10. The summed E-state index contributed by atoms with van der Waals surface area (Å²) in [6.07, 6.45) is 1.08. The molecule has 0 aliphatic carbocycles. The Bertz CT molecular complexity index is 361. The monoisotopic (exact) mass is 223 g/mol. The molecule has 0 atom stereocenters. The molecule has 1 amide bonds. The van der Waals surface area contributed by atoms with E-state index in [1.54, 1.807) is 12.1 Å². The molecule has 0 fully saturated rings. The van der Waals surface area contributed by atoms with Crippen molar-refractivity contribution in [1.29, 1.82) is 0 Å². The summed E-state index contributed by atoms with van der Waals surface area (Å²) in [7, 11) is 0. The van der Waals surface area contributed by atoms with Crippen molar-refractivity contribution >= 4 is 18.1 Å². The molecule has 0 bridgehead atoms. The molecule has 0 heterocycles. The molecule has 1 aromatic rings. The Morgan fingerprint density at radius 1 is 1.31 bits per heavy atom. The van der Waals surface area contributed by atoms with Gasteiger partial charge in [0.25, 0.3) is 0 Å². The quantitative estimate of drug-likeness (QED) is 0.711. The number of carboxylic acids is 1. The van der Waals surface area contributed by atoms with Gasteiger partial charge in [0, 0.05) is 18.7 Å². The Balaban J connectivity index is 2.57. The first-order valence-electron chi connectivity index (χ1n) is 4.86. The highest BCUT2D eigenvalue weighted by Crippen LogP contribution is 2.17. The van der Waals surface area contributed by atoms with E-state index in [1.165, 1.54) is 17.0 Å². The summed E-state index contributed by atoms with van der Waals surface area (Å²) in [5, 5.41) is 17.5. The SMILES string of the molecule is O=CN(CCCC(=O)O)c1ccc(O)cc1. The lowest BCUT2D eigenvalue weighted by Gasteiger charge is -2.16. The van der Waals surface area contributed by atoms with Gasteiger partial charge in [-0.1, -0.05) is 0 Å². The average molecular weight is 223 g/mol. The van der Waals surface area contributed by atoms with Crippen molar-refractivity contribution in [2.45, 2.75) is 12.8 Å². The van der Waals surface area contributed by atoms with Crippen LogP contribution in [0.3, 0.4) is 0 Å². The molecular weight excluding hydrogens is 210 g/mol.